The zero-order chi connectivity index (χ0) is 23.8. The van der Waals surface area contributed by atoms with E-state index in [2.05, 4.69) is 29.6 Å². The van der Waals surface area contributed by atoms with Gasteiger partial charge in [-0.3, -0.25) is 9.59 Å². The van der Waals surface area contributed by atoms with Crippen LogP contribution >= 0.6 is 0 Å². The van der Waals surface area contributed by atoms with Crippen molar-refractivity contribution >= 4 is 18.0 Å². The molecule has 178 valence electrons. The number of rotatable bonds is 8. The van der Waals surface area contributed by atoms with E-state index < -0.39 is 18.0 Å². The molecule has 2 heterocycles. The Labute approximate surface area is 199 Å². The first kappa shape index (κ1) is 22.4. The molecule has 0 aromatic heterocycles. The van der Waals surface area contributed by atoms with Crippen molar-refractivity contribution in [2.45, 2.75) is 50.6 Å². The molecule has 2 aliphatic carbocycles. The van der Waals surface area contributed by atoms with Crippen LogP contribution in [-0.2, 0) is 14.3 Å². The molecule has 0 radical (unpaired) electrons. The number of nitrogens with zero attached hydrogens (tertiary/aromatic N) is 1. The second-order valence-electron chi connectivity index (χ2n) is 9.63. The number of carboxylic acids is 1. The molecular weight excluding hydrogens is 432 g/mol. The van der Waals surface area contributed by atoms with Gasteiger partial charge in [-0.25, -0.2) is 4.79 Å². The van der Waals surface area contributed by atoms with Gasteiger partial charge in [0.2, 0.25) is 5.91 Å². The monoisotopic (exact) mass is 462 g/mol. The van der Waals surface area contributed by atoms with Gasteiger partial charge in [0.05, 0.1) is 5.92 Å². The van der Waals surface area contributed by atoms with Crippen LogP contribution in [0.25, 0.3) is 11.1 Å². The molecule has 4 atom stereocenters. The van der Waals surface area contributed by atoms with E-state index in [0.29, 0.717) is 13.0 Å². The van der Waals surface area contributed by atoms with Gasteiger partial charge in [0.15, 0.2) is 0 Å². The fourth-order valence-corrected chi connectivity index (χ4v) is 5.98. The molecular formula is C27H30N2O5. The number of carbonyl (C=O) groups is 3. The molecule has 2 saturated heterocycles. The molecule has 2 amide bonds. The highest BCUT2D eigenvalue weighted by atomic mass is 16.5. The SMILES string of the molecule is CCC[C@@H](CC(=O)N1CC2CC1C2C(=O)O)NC(=O)OCC1c2ccccc2-c2ccccc21. The molecule has 2 aromatic rings. The van der Waals surface area contributed by atoms with Gasteiger partial charge in [0.25, 0.3) is 0 Å². The number of benzene rings is 2. The summed E-state index contributed by atoms with van der Waals surface area (Å²) in [7, 11) is 0. The first-order chi connectivity index (χ1) is 16.5. The van der Waals surface area contributed by atoms with Crippen molar-refractivity contribution < 1.29 is 24.2 Å². The molecule has 2 aromatic carbocycles. The second kappa shape index (κ2) is 9.12. The molecule has 1 saturated carbocycles. The number of ether oxygens (including phenoxy) is 1. The summed E-state index contributed by atoms with van der Waals surface area (Å²) >= 11 is 0. The summed E-state index contributed by atoms with van der Waals surface area (Å²) in [6.45, 7) is 2.73. The van der Waals surface area contributed by atoms with E-state index in [1.54, 1.807) is 4.90 Å². The van der Waals surface area contributed by atoms with E-state index >= 15 is 0 Å². The van der Waals surface area contributed by atoms with Crippen molar-refractivity contribution in [1.82, 2.24) is 10.2 Å². The summed E-state index contributed by atoms with van der Waals surface area (Å²) in [4.78, 5) is 38.7. The summed E-state index contributed by atoms with van der Waals surface area (Å²) in [5.41, 5.74) is 4.64. The number of hydrogen-bond donors (Lipinski definition) is 2. The Bertz CT molecular complexity index is 1070. The number of carboxylic acid groups (broad SMARTS) is 1. The lowest BCUT2D eigenvalue weighted by Gasteiger charge is -2.33. The summed E-state index contributed by atoms with van der Waals surface area (Å²) in [5.74, 6) is -1.31. The number of alkyl carbamates (subject to hydrolysis) is 1. The fraction of sp³-hybridized carbons (Fsp3) is 0.444. The Morgan fingerprint density at radius 1 is 1.09 bits per heavy atom. The van der Waals surface area contributed by atoms with Gasteiger partial charge in [-0.2, -0.15) is 0 Å². The van der Waals surface area contributed by atoms with E-state index in [4.69, 9.17) is 4.74 Å². The number of hydrogen-bond acceptors (Lipinski definition) is 4. The molecule has 2 aliphatic heterocycles. The number of aliphatic carboxylic acids is 1. The van der Waals surface area contributed by atoms with E-state index in [-0.39, 0.29) is 42.9 Å². The fourth-order valence-electron chi connectivity index (χ4n) is 5.98. The van der Waals surface area contributed by atoms with Crippen LogP contribution in [0, 0.1) is 11.8 Å². The predicted molar refractivity (Wildman–Crippen MR) is 126 cm³/mol. The largest absolute Gasteiger partial charge is 0.481 e. The van der Waals surface area contributed by atoms with E-state index in [9.17, 15) is 19.5 Å². The van der Waals surface area contributed by atoms with E-state index in [0.717, 1.165) is 24.0 Å². The maximum atomic E-state index is 12.9. The maximum Gasteiger partial charge on any atom is 0.407 e. The average Bonchev–Trinajstić information content (AvgIpc) is 3.49. The molecule has 3 fully saturated rings. The Morgan fingerprint density at radius 2 is 1.74 bits per heavy atom. The topological polar surface area (TPSA) is 95.9 Å². The molecule has 7 heteroatoms. The summed E-state index contributed by atoms with van der Waals surface area (Å²) < 4.78 is 5.65. The molecule has 34 heavy (non-hydrogen) atoms. The second-order valence-corrected chi connectivity index (χ2v) is 9.63. The van der Waals surface area contributed by atoms with Gasteiger partial charge < -0.3 is 20.1 Å². The maximum absolute atomic E-state index is 12.9. The minimum Gasteiger partial charge on any atom is -0.481 e. The van der Waals surface area contributed by atoms with Gasteiger partial charge in [-0.15, -0.1) is 0 Å². The van der Waals surface area contributed by atoms with Crippen LogP contribution in [0.4, 0.5) is 4.79 Å². The number of amides is 2. The quantitative estimate of drug-likeness (QED) is 0.618. The van der Waals surface area contributed by atoms with Crippen molar-refractivity contribution in [2.75, 3.05) is 13.2 Å². The first-order valence-corrected chi connectivity index (χ1v) is 12.1. The molecule has 7 nitrogen and oxygen atoms in total. The van der Waals surface area contributed by atoms with Crippen LogP contribution < -0.4 is 5.32 Å². The van der Waals surface area contributed by atoms with Crippen LogP contribution in [0.5, 0.6) is 0 Å². The Balaban J connectivity index is 1.19. The minimum atomic E-state index is -0.821. The zero-order valence-electron chi connectivity index (χ0n) is 19.3. The van der Waals surface area contributed by atoms with Gasteiger partial charge in [-0.05, 0) is 41.0 Å². The highest BCUT2D eigenvalue weighted by Crippen LogP contribution is 2.47. The average molecular weight is 463 g/mol. The Morgan fingerprint density at radius 3 is 2.32 bits per heavy atom. The van der Waals surface area contributed by atoms with Crippen molar-refractivity contribution in [3.05, 3.63) is 59.7 Å². The van der Waals surface area contributed by atoms with Crippen molar-refractivity contribution in [1.29, 1.82) is 0 Å². The van der Waals surface area contributed by atoms with Crippen LogP contribution in [0.3, 0.4) is 0 Å². The van der Waals surface area contributed by atoms with Crippen molar-refractivity contribution in [3.63, 3.8) is 0 Å². The molecule has 2 N–H and O–H groups in total. The van der Waals surface area contributed by atoms with Crippen LogP contribution in [0.15, 0.2) is 48.5 Å². The van der Waals surface area contributed by atoms with Crippen LogP contribution in [0.1, 0.15) is 49.7 Å². The number of carbonyl (C=O) groups excluding carboxylic acids is 2. The zero-order valence-corrected chi connectivity index (χ0v) is 19.3. The summed E-state index contributed by atoms with van der Waals surface area (Å²) in [6, 6.07) is 15.8. The highest BCUT2D eigenvalue weighted by Gasteiger charge is 2.57. The normalized spacial score (nSPS) is 23.0. The summed E-state index contributed by atoms with van der Waals surface area (Å²) in [5, 5.41) is 12.2. The third-order valence-corrected chi connectivity index (χ3v) is 7.63. The lowest BCUT2D eigenvalue weighted by atomic mass is 9.74. The van der Waals surface area contributed by atoms with Gasteiger partial charge in [0, 0.05) is 31.0 Å². The molecule has 6 rings (SSSR count). The Kier molecular flexibility index (Phi) is 6.02. The van der Waals surface area contributed by atoms with Gasteiger partial charge in [0.1, 0.15) is 6.61 Å². The lowest BCUT2D eigenvalue weighted by Crippen LogP contribution is -2.46. The molecule has 4 aliphatic rings. The predicted octanol–water partition coefficient (Wildman–Crippen LogP) is 4.02. The number of fused-ring (bicyclic) bond motifs is 4. The molecule has 0 spiro atoms. The number of nitrogens with one attached hydrogen (secondary N) is 1. The lowest BCUT2D eigenvalue weighted by molar-refractivity contribution is -0.148. The van der Waals surface area contributed by atoms with E-state index in [1.165, 1.54) is 11.1 Å². The van der Waals surface area contributed by atoms with E-state index in [1.807, 2.05) is 31.2 Å². The smallest absolute Gasteiger partial charge is 0.407 e. The third kappa shape index (κ3) is 3.93. The van der Waals surface area contributed by atoms with Crippen LogP contribution in [0.2, 0.25) is 0 Å². The minimum absolute atomic E-state index is 0.0197. The molecule has 2 bridgehead atoms. The van der Waals surface area contributed by atoms with Gasteiger partial charge in [-0.1, -0.05) is 61.9 Å². The molecule has 3 unspecified atom stereocenters. The highest BCUT2D eigenvalue weighted by molar-refractivity contribution is 5.82. The third-order valence-electron chi connectivity index (χ3n) is 7.63. The first-order valence-electron chi connectivity index (χ1n) is 12.1. The van der Waals surface area contributed by atoms with Gasteiger partial charge >= 0.3 is 12.1 Å². The van der Waals surface area contributed by atoms with Crippen molar-refractivity contribution in [3.8, 4) is 11.1 Å². The Hall–Kier alpha value is -3.35. The van der Waals surface area contributed by atoms with Crippen LogP contribution in [-0.4, -0.2) is 53.2 Å². The summed E-state index contributed by atoms with van der Waals surface area (Å²) in [6.07, 6.45) is 1.86. The standard InChI is InChI=1S/C27H30N2O5/c1-2-7-17(13-24(30)29-14-16-12-23(29)25(16)26(31)32)28-27(33)34-15-22-20-10-5-3-8-18(20)19-9-4-6-11-21(19)22/h3-6,8-11,16-17,22-23,25H,2,7,12-15H2,1H3,(H,28,33)(H,31,32)/t16?,17-,23?,25?/m0/s1. The van der Waals surface area contributed by atoms with Crippen molar-refractivity contribution in [2.24, 2.45) is 11.8 Å².